The first-order chi connectivity index (χ1) is 13.2. The van der Waals surface area contributed by atoms with Crippen molar-refractivity contribution in [2.45, 2.75) is 6.54 Å². The minimum atomic E-state index is 0.0655. The smallest absolute Gasteiger partial charge is 0.113 e. The fourth-order valence-electron chi connectivity index (χ4n) is 2.85. The van der Waals surface area contributed by atoms with Gasteiger partial charge in [-0.25, -0.2) is 4.98 Å². The maximum Gasteiger partial charge on any atom is 0.113 e. The molecule has 0 fully saturated rings. The first-order valence-corrected chi connectivity index (χ1v) is 8.91. The van der Waals surface area contributed by atoms with Crippen molar-refractivity contribution in [1.82, 2.24) is 14.8 Å². The maximum absolute atomic E-state index is 9.07. The number of fused-ring (bicyclic) bond motifs is 1. The molecule has 0 amide bonds. The van der Waals surface area contributed by atoms with Crippen LogP contribution in [0.15, 0.2) is 67.0 Å². The summed E-state index contributed by atoms with van der Waals surface area (Å²) in [7, 11) is 0. The number of aliphatic hydroxyl groups is 1. The van der Waals surface area contributed by atoms with Crippen molar-refractivity contribution in [2.24, 2.45) is 0 Å². The molecule has 2 heterocycles. The van der Waals surface area contributed by atoms with E-state index in [2.05, 4.69) is 21.9 Å². The van der Waals surface area contributed by atoms with E-state index in [1.54, 1.807) is 10.9 Å². The summed E-state index contributed by atoms with van der Waals surface area (Å²) < 4.78 is 1.78. The van der Waals surface area contributed by atoms with E-state index < -0.39 is 0 Å². The van der Waals surface area contributed by atoms with Gasteiger partial charge >= 0.3 is 0 Å². The minimum absolute atomic E-state index is 0.0655. The summed E-state index contributed by atoms with van der Waals surface area (Å²) in [6, 6.07) is 17.5. The SMILES string of the molecule is OCCn1ncc2cc(C#Cc3ccc(-c4ccc(Cl)cc4)cn3)ccc21. The average Bonchev–Trinajstić information content (AvgIpc) is 3.10. The van der Waals surface area contributed by atoms with Gasteiger partial charge in [0.05, 0.1) is 24.9 Å². The minimum Gasteiger partial charge on any atom is -0.394 e. The number of hydrogen-bond donors (Lipinski definition) is 1. The highest BCUT2D eigenvalue weighted by Gasteiger charge is 2.02. The molecule has 2 aromatic carbocycles. The normalized spacial score (nSPS) is 10.6. The van der Waals surface area contributed by atoms with Gasteiger partial charge in [0.2, 0.25) is 0 Å². The molecule has 1 N–H and O–H groups in total. The molecule has 0 saturated heterocycles. The average molecular weight is 374 g/mol. The van der Waals surface area contributed by atoms with Crippen LogP contribution in [0.1, 0.15) is 11.3 Å². The molecule has 0 aliphatic carbocycles. The third kappa shape index (κ3) is 3.85. The van der Waals surface area contributed by atoms with Gasteiger partial charge in [-0.2, -0.15) is 5.10 Å². The van der Waals surface area contributed by atoms with Crippen LogP contribution in [0.2, 0.25) is 5.02 Å². The van der Waals surface area contributed by atoms with Crippen molar-refractivity contribution in [3.63, 3.8) is 0 Å². The molecule has 132 valence electrons. The van der Waals surface area contributed by atoms with E-state index in [4.69, 9.17) is 16.7 Å². The molecule has 0 radical (unpaired) electrons. The third-order valence-electron chi connectivity index (χ3n) is 4.23. The number of nitrogens with zero attached hydrogens (tertiary/aromatic N) is 3. The zero-order valence-electron chi connectivity index (χ0n) is 14.4. The molecule has 0 atom stereocenters. The summed E-state index contributed by atoms with van der Waals surface area (Å²) in [4.78, 5) is 4.43. The van der Waals surface area contributed by atoms with Crippen LogP contribution in [0.25, 0.3) is 22.0 Å². The van der Waals surface area contributed by atoms with Gasteiger partial charge < -0.3 is 5.11 Å². The standard InChI is InChI=1S/C22H16ClN3O/c23-20-6-3-17(4-7-20)18-5-9-21(24-14-18)8-1-16-2-10-22-19(13-16)15-25-26(22)11-12-27/h2-7,9-10,13-15,27H,11-12H2. The van der Waals surface area contributed by atoms with Crippen molar-refractivity contribution >= 4 is 22.5 Å². The molecule has 4 rings (SSSR count). The molecule has 0 aliphatic rings. The van der Waals surface area contributed by atoms with E-state index >= 15 is 0 Å². The molecule has 0 unspecified atom stereocenters. The Hall–Kier alpha value is -3.13. The summed E-state index contributed by atoms with van der Waals surface area (Å²) >= 11 is 5.93. The van der Waals surface area contributed by atoms with Crippen molar-refractivity contribution in [1.29, 1.82) is 0 Å². The highest BCUT2D eigenvalue weighted by atomic mass is 35.5. The predicted molar refractivity (Wildman–Crippen MR) is 107 cm³/mol. The van der Waals surface area contributed by atoms with Crippen molar-refractivity contribution in [3.05, 3.63) is 83.3 Å². The summed E-state index contributed by atoms with van der Waals surface area (Å²) in [5.41, 5.74) is 4.69. The Morgan fingerprint density at radius 1 is 0.926 bits per heavy atom. The number of pyridine rings is 1. The Labute approximate surface area is 162 Å². The Morgan fingerprint density at radius 3 is 2.48 bits per heavy atom. The Balaban J connectivity index is 1.55. The van der Waals surface area contributed by atoms with Crippen molar-refractivity contribution in [2.75, 3.05) is 6.61 Å². The number of benzene rings is 2. The van der Waals surface area contributed by atoms with Crippen LogP contribution < -0.4 is 0 Å². The molecule has 0 aliphatic heterocycles. The highest BCUT2D eigenvalue weighted by molar-refractivity contribution is 6.30. The van der Waals surface area contributed by atoms with E-state index in [1.807, 2.05) is 60.8 Å². The van der Waals surface area contributed by atoms with Crippen LogP contribution in [-0.4, -0.2) is 26.5 Å². The van der Waals surface area contributed by atoms with Crippen LogP contribution in [-0.2, 0) is 6.54 Å². The number of aliphatic hydroxyl groups excluding tert-OH is 1. The topological polar surface area (TPSA) is 50.9 Å². The van der Waals surface area contributed by atoms with Gasteiger partial charge in [-0.3, -0.25) is 4.68 Å². The van der Waals surface area contributed by atoms with Crippen molar-refractivity contribution < 1.29 is 5.11 Å². The van der Waals surface area contributed by atoms with Crippen LogP contribution in [0.4, 0.5) is 0 Å². The largest absolute Gasteiger partial charge is 0.394 e. The van der Waals surface area contributed by atoms with Crippen LogP contribution in [0, 0.1) is 11.8 Å². The second-order valence-corrected chi connectivity index (χ2v) is 6.49. The van der Waals surface area contributed by atoms with Crippen molar-refractivity contribution in [3.8, 4) is 23.0 Å². The zero-order valence-corrected chi connectivity index (χ0v) is 15.2. The molecule has 27 heavy (non-hydrogen) atoms. The molecule has 4 nitrogen and oxygen atoms in total. The van der Waals surface area contributed by atoms with Gasteiger partial charge in [-0.1, -0.05) is 35.7 Å². The van der Waals surface area contributed by atoms with Crippen LogP contribution >= 0.6 is 11.6 Å². The third-order valence-corrected chi connectivity index (χ3v) is 4.48. The molecule has 0 saturated carbocycles. The fourth-order valence-corrected chi connectivity index (χ4v) is 2.98. The maximum atomic E-state index is 9.07. The van der Waals surface area contributed by atoms with Gasteiger partial charge in [0, 0.05) is 27.7 Å². The number of rotatable bonds is 3. The second kappa shape index (κ2) is 7.63. The van der Waals surface area contributed by atoms with Crippen LogP contribution in [0.5, 0.6) is 0 Å². The summed E-state index contributed by atoms with van der Waals surface area (Å²) in [5, 5.41) is 15.1. The van der Waals surface area contributed by atoms with Gasteiger partial charge in [-0.05, 0) is 47.9 Å². The lowest BCUT2D eigenvalue weighted by Gasteiger charge is -2.01. The van der Waals surface area contributed by atoms with E-state index in [0.717, 1.165) is 27.6 Å². The Bertz CT molecular complexity index is 1140. The molecule has 0 spiro atoms. The lowest BCUT2D eigenvalue weighted by molar-refractivity contribution is 0.271. The Kier molecular flexibility index (Phi) is 4.88. The summed E-state index contributed by atoms with van der Waals surface area (Å²) in [5.74, 6) is 6.24. The van der Waals surface area contributed by atoms with Gasteiger partial charge in [0.25, 0.3) is 0 Å². The molecule has 0 bridgehead atoms. The number of halogens is 1. The number of hydrogen-bond acceptors (Lipinski definition) is 3. The van der Waals surface area contributed by atoms with Gasteiger partial charge in [-0.15, -0.1) is 0 Å². The van der Waals surface area contributed by atoms with Gasteiger partial charge in [0.1, 0.15) is 5.69 Å². The zero-order chi connectivity index (χ0) is 18.6. The summed E-state index contributed by atoms with van der Waals surface area (Å²) in [6.07, 6.45) is 3.60. The first-order valence-electron chi connectivity index (χ1n) is 8.53. The molecular weight excluding hydrogens is 358 g/mol. The lowest BCUT2D eigenvalue weighted by atomic mass is 10.1. The monoisotopic (exact) mass is 373 g/mol. The van der Waals surface area contributed by atoms with Gasteiger partial charge in [0.15, 0.2) is 0 Å². The first kappa shape index (κ1) is 17.3. The molecule has 5 heteroatoms. The quantitative estimate of drug-likeness (QED) is 0.549. The lowest BCUT2D eigenvalue weighted by Crippen LogP contribution is -2.02. The molecule has 2 aromatic heterocycles. The predicted octanol–water partition coefficient (Wildman–Crippen LogP) is 4.14. The fraction of sp³-hybridized carbons (Fsp3) is 0.0909. The van der Waals surface area contributed by atoms with E-state index in [0.29, 0.717) is 17.3 Å². The second-order valence-electron chi connectivity index (χ2n) is 6.05. The summed E-state index contributed by atoms with van der Waals surface area (Å²) in [6.45, 7) is 0.550. The van der Waals surface area contributed by atoms with E-state index in [-0.39, 0.29) is 6.61 Å². The number of aromatic nitrogens is 3. The molecular formula is C22H16ClN3O. The van der Waals surface area contributed by atoms with E-state index in [9.17, 15) is 0 Å². The Morgan fingerprint density at radius 2 is 1.74 bits per heavy atom. The molecule has 4 aromatic rings. The van der Waals surface area contributed by atoms with Crippen LogP contribution in [0.3, 0.4) is 0 Å². The highest BCUT2D eigenvalue weighted by Crippen LogP contribution is 2.21. The van der Waals surface area contributed by atoms with E-state index in [1.165, 1.54) is 0 Å².